The van der Waals surface area contributed by atoms with Crippen LogP contribution in [0.25, 0.3) is 0 Å². The lowest BCUT2D eigenvalue weighted by atomic mass is 10.1. The fourth-order valence-electron chi connectivity index (χ4n) is 2.18. The highest BCUT2D eigenvalue weighted by Crippen LogP contribution is 2.30. The predicted octanol–water partition coefficient (Wildman–Crippen LogP) is 0.412. The number of nitrogens with one attached hydrogen (secondary N) is 1. The molecular weight excluding hydrogens is 379 g/mol. The van der Waals surface area contributed by atoms with E-state index in [2.05, 4.69) is 4.74 Å². The number of alkyl halides is 3. The SMILES string of the molecule is O=C(COC(=O)CN1C(=O)c2cccc([N+](=O)[O-])c2C1=O)NCC(F)(F)F. The third-order valence-electron chi connectivity index (χ3n) is 3.31. The molecule has 0 spiro atoms. The summed E-state index contributed by atoms with van der Waals surface area (Å²) in [6.07, 6.45) is -4.64. The standard InChI is InChI=1S/C14H10F3N3O7/c15-14(16,17)6-18-9(21)5-27-10(22)4-19-12(23)7-2-1-3-8(20(25)26)11(7)13(19)24/h1-3H,4-6H2,(H,18,21). The number of carbonyl (C=O) groups excluding carboxylic acids is 4. The van der Waals surface area contributed by atoms with E-state index in [4.69, 9.17) is 0 Å². The molecule has 144 valence electrons. The van der Waals surface area contributed by atoms with E-state index in [9.17, 15) is 42.5 Å². The summed E-state index contributed by atoms with van der Waals surface area (Å²) in [4.78, 5) is 57.6. The molecular formula is C14H10F3N3O7. The first-order valence-corrected chi connectivity index (χ1v) is 7.14. The highest BCUT2D eigenvalue weighted by Gasteiger charge is 2.42. The number of hydrogen-bond acceptors (Lipinski definition) is 7. The molecule has 10 nitrogen and oxygen atoms in total. The van der Waals surface area contributed by atoms with Crippen molar-refractivity contribution >= 4 is 29.4 Å². The molecule has 0 unspecified atom stereocenters. The van der Waals surface area contributed by atoms with Crippen LogP contribution in [0.5, 0.6) is 0 Å². The van der Waals surface area contributed by atoms with E-state index >= 15 is 0 Å². The average molecular weight is 389 g/mol. The van der Waals surface area contributed by atoms with Gasteiger partial charge in [-0.25, -0.2) is 0 Å². The Balaban J connectivity index is 1.98. The molecule has 0 aliphatic carbocycles. The van der Waals surface area contributed by atoms with Gasteiger partial charge in [-0.05, 0) is 6.07 Å². The molecule has 1 aromatic rings. The topological polar surface area (TPSA) is 136 Å². The molecule has 0 atom stereocenters. The van der Waals surface area contributed by atoms with E-state index in [-0.39, 0.29) is 5.56 Å². The molecule has 1 aliphatic heterocycles. The molecule has 27 heavy (non-hydrogen) atoms. The van der Waals surface area contributed by atoms with Crippen molar-refractivity contribution in [3.8, 4) is 0 Å². The third-order valence-corrected chi connectivity index (χ3v) is 3.31. The van der Waals surface area contributed by atoms with Gasteiger partial charge in [0.2, 0.25) is 0 Å². The second-order valence-corrected chi connectivity index (χ2v) is 5.21. The molecule has 0 fully saturated rings. The number of amides is 3. The zero-order chi connectivity index (χ0) is 20.4. The van der Waals surface area contributed by atoms with Gasteiger partial charge in [-0.3, -0.25) is 34.2 Å². The van der Waals surface area contributed by atoms with Gasteiger partial charge in [-0.15, -0.1) is 0 Å². The summed E-state index contributed by atoms with van der Waals surface area (Å²) in [6.45, 7) is -3.64. The van der Waals surface area contributed by atoms with Crippen LogP contribution < -0.4 is 5.32 Å². The lowest BCUT2D eigenvalue weighted by molar-refractivity contribution is -0.385. The van der Waals surface area contributed by atoms with Crippen LogP contribution in [-0.4, -0.2) is 59.4 Å². The van der Waals surface area contributed by atoms with Gasteiger partial charge in [0.1, 0.15) is 18.7 Å². The largest absolute Gasteiger partial charge is 0.454 e. The number of nitro benzene ring substituents is 1. The van der Waals surface area contributed by atoms with Crippen LogP contribution in [0.4, 0.5) is 18.9 Å². The third kappa shape index (κ3) is 4.56. The van der Waals surface area contributed by atoms with Crippen LogP contribution in [0, 0.1) is 10.1 Å². The summed E-state index contributed by atoms with van der Waals surface area (Å²) in [5.41, 5.74) is -1.37. The maximum absolute atomic E-state index is 12.2. The first-order valence-electron chi connectivity index (χ1n) is 7.14. The number of nitrogens with zero attached hydrogens (tertiary/aromatic N) is 2. The molecule has 13 heteroatoms. The highest BCUT2D eigenvalue weighted by atomic mass is 19.4. The molecule has 2 rings (SSSR count). The first-order chi connectivity index (χ1) is 12.5. The Morgan fingerprint density at radius 3 is 2.48 bits per heavy atom. The van der Waals surface area contributed by atoms with Gasteiger partial charge in [0.25, 0.3) is 23.4 Å². The van der Waals surface area contributed by atoms with Gasteiger partial charge in [0, 0.05) is 6.07 Å². The van der Waals surface area contributed by atoms with E-state index in [1.807, 2.05) is 0 Å². The second kappa shape index (κ2) is 7.39. The van der Waals surface area contributed by atoms with Crippen molar-refractivity contribution in [3.05, 3.63) is 39.4 Å². The maximum atomic E-state index is 12.2. The number of nitro groups is 1. The molecule has 1 N–H and O–H groups in total. The summed E-state index contributed by atoms with van der Waals surface area (Å²) in [7, 11) is 0. The van der Waals surface area contributed by atoms with Crippen molar-refractivity contribution in [2.75, 3.05) is 19.7 Å². The fourth-order valence-corrected chi connectivity index (χ4v) is 2.18. The molecule has 0 saturated carbocycles. The van der Waals surface area contributed by atoms with Gasteiger partial charge in [0.15, 0.2) is 6.61 Å². The van der Waals surface area contributed by atoms with E-state index < -0.39 is 65.7 Å². The molecule has 1 aromatic carbocycles. The summed E-state index contributed by atoms with van der Waals surface area (Å²) in [5, 5.41) is 12.4. The number of fused-ring (bicyclic) bond motifs is 1. The molecule has 0 saturated heterocycles. The van der Waals surface area contributed by atoms with Crippen LogP contribution in [0.3, 0.4) is 0 Å². The number of hydrogen-bond donors (Lipinski definition) is 1. The minimum absolute atomic E-state index is 0.273. The van der Waals surface area contributed by atoms with Crippen LogP contribution in [-0.2, 0) is 14.3 Å². The van der Waals surface area contributed by atoms with E-state index in [0.29, 0.717) is 4.90 Å². The van der Waals surface area contributed by atoms with Crippen molar-refractivity contribution in [1.82, 2.24) is 10.2 Å². The predicted molar refractivity (Wildman–Crippen MR) is 78.5 cm³/mol. The molecule has 0 radical (unpaired) electrons. The van der Waals surface area contributed by atoms with Gasteiger partial charge in [-0.2, -0.15) is 13.2 Å². The number of rotatable bonds is 6. The normalized spacial score (nSPS) is 13.4. The van der Waals surface area contributed by atoms with Crippen molar-refractivity contribution in [2.45, 2.75) is 6.18 Å². The number of halogens is 3. The van der Waals surface area contributed by atoms with Gasteiger partial charge in [-0.1, -0.05) is 6.07 Å². The maximum Gasteiger partial charge on any atom is 0.405 e. The average Bonchev–Trinajstić information content (AvgIpc) is 2.82. The van der Waals surface area contributed by atoms with Crippen LogP contribution in [0.15, 0.2) is 18.2 Å². The van der Waals surface area contributed by atoms with Gasteiger partial charge < -0.3 is 10.1 Å². The van der Waals surface area contributed by atoms with Crippen molar-refractivity contribution in [2.24, 2.45) is 0 Å². The number of ether oxygens (including phenoxy) is 1. The van der Waals surface area contributed by atoms with Crippen LogP contribution >= 0.6 is 0 Å². The fraction of sp³-hybridized carbons (Fsp3) is 0.286. The Labute approximate surface area is 148 Å². The first kappa shape index (κ1) is 19.8. The Bertz CT molecular complexity index is 838. The van der Waals surface area contributed by atoms with E-state index in [1.54, 1.807) is 0 Å². The Morgan fingerprint density at radius 2 is 1.89 bits per heavy atom. The van der Waals surface area contributed by atoms with Gasteiger partial charge in [0.05, 0.1) is 10.5 Å². The quantitative estimate of drug-likeness (QED) is 0.322. The van der Waals surface area contributed by atoms with Crippen LogP contribution in [0.1, 0.15) is 20.7 Å². The lowest BCUT2D eigenvalue weighted by Gasteiger charge is -2.13. The Hall–Kier alpha value is -3.51. The van der Waals surface area contributed by atoms with Crippen LogP contribution in [0.2, 0.25) is 0 Å². The lowest BCUT2D eigenvalue weighted by Crippen LogP contribution is -2.39. The number of imide groups is 1. The Kier molecular flexibility index (Phi) is 5.42. The van der Waals surface area contributed by atoms with Crippen molar-refractivity contribution < 1.29 is 42.0 Å². The zero-order valence-electron chi connectivity index (χ0n) is 13.2. The van der Waals surface area contributed by atoms with Crippen molar-refractivity contribution in [3.63, 3.8) is 0 Å². The highest BCUT2D eigenvalue weighted by molar-refractivity contribution is 6.24. The summed E-state index contributed by atoms with van der Waals surface area (Å²) >= 11 is 0. The monoisotopic (exact) mass is 389 g/mol. The summed E-state index contributed by atoms with van der Waals surface area (Å²) in [5.74, 6) is -4.56. The molecule has 0 aromatic heterocycles. The molecule has 1 aliphatic rings. The number of carbonyl (C=O) groups is 4. The molecule has 1 heterocycles. The Morgan fingerprint density at radius 1 is 1.22 bits per heavy atom. The number of benzene rings is 1. The second-order valence-electron chi connectivity index (χ2n) is 5.21. The summed E-state index contributed by atoms with van der Waals surface area (Å²) < 4.78 is 40.2. The molecule has 0 bridgehead atoms. The van der Waals surface area contributed by atoms with Gasteiger partial charge >= 0.3 is 12.1 Å². The molecule has 3 amide bonds. The number of esters is 1. The summed E-state index contributed by atoms with van der Waals surface area (Å²) in [6, 6.07) is 3.37. The smallest absolute Gasteiger partial charge is 0.405 e. The zero-order valence-corrected chi connectivity index (χ0v) is 13.2. The van der Waals surface area contributed by atoms with E-state index in [1.165, 1.54) is 17.4 Å². The minimum Gasteiger partial charge on any atom is -0.454 e. The minimum atomic E-state index is -4.64. The van der Waals surface area contributed by atoms with Crippen molar-refractivity contribution in [1.29, 1.82) is 0 Å². The van der Waals surface area contributed by atoms with E-state index in [0.717, 1.165) is 6.07 Å².